The van der Waals surface area contributed by atoms with Crippen LogP contribution in [0.15, 0.2) is 36.4 Å². The number of halogens is 1. The minimum atomic E-state index is -1.14. The maximum absolute atomic E-state index is 11.5. The van der Waals surface area contributed by atoms with Gasteiger partial charge in [-0.1, -0.05) is 23.7 Å². The summed E-state index contributed by atoms with van der Waals surface area (Å²) < 4.78 is 5.00. The fourth-order valence-corrected chi connectivity index (χ4v) is 2.16. The molecule has 22 heavy (non-hydrogen) atoms. The largest absolute Gasteiger partial charge is 0.504 e. The topological polar surface area (TPSA) is 92.8 Å². The summed E-state index contributed by atoms with van der Waals surface area (Å²) >= 11 is 5.95. The number of hydrogen-bond donors (Lipinski definition) is 3. The summed E-state index contributed by atoms with van der Waals surface area (Å²) in [7, 11) is 1.39. The molecule has 6 heteroatoms. The number of hydrogen-bond acceptors (Lipinski definition) is 4. The Balaban J connectivity index is 2.58. The lowest BCUT2D eigenvalue weighted by Crippen LogP contribution is -2.00. The van der Waals surface area contributed by atoms with Crippen LogP contribution in [-0.4, -0.2) is 23.3 Å². The molecule has 0 saturated heterocycles. The van der Waals surface area contributed by atoms with E-state index in [1.165, 1.54) is 25.3 Å². The maximum atomic E-state index is 11.5. The Kier molecular flexibility index (Phi) is 4.58. The van der Waals surface area contributed by atoms with E-state index >= 15 is 0 Å². The summed E-state index contributed by atoms with van der Waals surface area (Å²) in [4.78, 5) is 11.5. The van der Waals surface area contributed by atoms with Crippen LogP contribution in [0.5, 0.6) is 11.5 Å². The van der Waals surface area contributed by atoms with Crippen LogP contribution < -0.4 is 10.5 Å². The number of phenolic OH excluding ortho intramolecular Hbond substituents is 1. The van der Waals surface area contributed by atoms with E-state index in [0.717, 1.165) is 0 Å². The molecule has 0 atom stereocenters. The third-order valence-corrected chi connectivity index (χ3v) is 3.26. The first-order chi connectivity index (χ1) is 10.4. The molecule has 0 aliphatic heterocycles. The zero-order valence-corrected chi connectivity index (χ0v) is 12.5. The van der Waals surface area contributed by atoms with Crippen molar-refractivity contribution >= 4 is 34.9 Å². The molecule has 0 bridgehead atoms. The number of nitrogen functional groups attached to an aromatic ring is 1. The molecule has 0 unspecified atom stereocenters. The highest BCUT2D eigenvalue weighted by atomic mass is 35.5. The van der Waals surface area contributed by atoms with Crippen molar-refractivity contribution in [1.29, 1.82) is 0 Å². The predicted octanol–water partition coefficient (Wildman–Crippen LogP) is 3.26. The van der Waals surface area contributed by atoms with E-state index in [0.29, 0.717) is 16.3 Å². The second-order valence-electron chi connectivity index (χ2n) is 4.53. The van der Waals surface area contributed by atoms with Gasteiger partial charge in [-0.05, 0) is 29.8 Å². The van der Waals surface area contributed by atoms with Crippen molar-refractivity contribution < 1.29 is 19.7 Å². The van der Waals surface area contributed by atoms with Crippen molar-refractivity contribution in [2.24, 2.45) is 0 Å². The van der Waals surface area contributed by atoms with Gasteiger partial charge in [-0.15, -0.1) is 0 Å². The Morgan fingerprint density at radius 2 is 1.91 bits per heavy atom. The summed E-state index contributed by atoms with van der Waals surface area (Å²) in [6.07, 6.45) is 1.33. The minimum absolute atomic E-state index is 0.000352. The normalized spacial score (nSPS) is 11.3. The lowest BCUT2D eigenvalue weighted by molar-refractivity contribution is -0.130. The molecule has 0 fully saturated rings. The highest BCUT2D eigenvalue weighted by Gasteiger charge is 2.14. The SMILES string of the molecule is COc1cc(Cl)cc(/C=C(\C(=O)O)c2ccc(N)cc2)c1O. The van der Waals surface area contributed by atoms with Gasteiger partial charge in [-0.25, -0.2) is 4.79 Å². The predicted molar refractivity (Wildman–Crippen MR) is 86.0 cm³/mol. The van der Waals surface area contributed by atoms with Gasteiger partial charge in [0.2, 0.25) is 0 Å². The summed E-state index contributed by atoms with van der Waals surface area (Å²) in [5.74, 6) is -1.15. The highest BCUT2D eigenvalue weighted by Crippen LogP contribution is 2.35. The van der Waals surface area contributed by atoms with Crippen molar-refractivity contribution in [3.05, 3.63) is 52.5 Å². The number of phenols is 1. The van der Waals surface area contributed by atoms with Crippen LogP contribution in [0, 0.1) is 0 Å². The van der Waals surface area contributed by atoms with E-state index < -0.39 is 5.97 Å². The van der Waals surface area contributed by atoms with Crippen LogP contribution in [0.2, 0.25) is 5.02 Å². The second kappa shape index (κ2) is 6.41. The van der Waals surface area contributed by atoms with Crippen molar-refractivity contribution in [1.82, 2.24) is 0 Å². The number of carbonyl (C=O) groups is 1. The molecule has 2 aromatic rings. The van der Waals surface area contributed by atoms with Crippen molar-refractivity contribution in [3.8, 4) is 11.5 Å². The van der Waals surface area contributed by atoms with Gasteiger partial charge in [0.1, 0.15) is 0 Å². The van der Waals surface area contributed by atoms with Gasteiger partial charge < -0.3 is 20.7 Å². The Hall–Kier alpha value is -2.66. The van der Waals surface area contributed by atoms with Crippen LogP contribution in [0.1, 0.15) is 11.1 Å². The van der Waals surface area contributed by atoms with E-state index in [9.17, 15) is 15.0 Å². The molecule has 0 radical (unpaired) electrons. The summed E-state index contributed by atoms with van der Waals surface area (Å²) in [6, 6.07) is 9.29. The summed E-state index contributed by atoms with van der Waals surface area (Å²) in [6.45, 7) is 0. The van der Waals surface area contributed by atoms with Crippen LogP contribution in [-0.2, 0) is 4.79 Å². The standard InChI is InChI=1S/C16H14ClNO4/c1-22-14-8-11(17)6-10(15(14)19)7-13(16(20)21)9-2-4-12(18)5-3-9/h2-8,19H,18H2,1H3,(H,20,21)/b13-7-. The number of methoxy groups -OCH3 is 1. The first-order valence-corrected chi connectivity index (χ1v) is 6.67. The number of carboxylic acids is 1. The molecule has 5 nitrogen and oxygen atoms in total. The summed E-state index contributed by atoms with van der Waals surface area (Å²) in [5.41, 5.74) is 6.83. The van der Waals surface area contributed by atoms with E-state index in [-0.39, 0.29) is 22.6 Å². The monoisotopic (exact) mass is 319 g/mol. The summed E-state index contributed by atoms with van der Waals surface area (Å²) in [5, 5.41) is 19.8. The van der Waals surface area contributed by atoms with Crippen LogP contribution in [0.4, 0.5) is 5.69 Å². The molecular weight excluding hydrogens is 306 g/mol. The average Bonchev–Trinajstić information content (AvgIpc) is 2.48. The van der Waals surface area contributed by atoms with Crippen molar-refractivity contribution in [2.45, 2.75) is 0 Å². The zero-order valence-electron chi connectivity index (χ0n) is 11.7. The number of nitrogens with two attached hydrogens (primary N) is 1. The van der Waals surface area contributed by atoms with Gasteiger partial charge >= 0.3 is 5.97 Å². The molecule has 0 aliphatic rings. The third-order valence-electron chi connectivity index (χ3n) is 3.04. The van der Waals surface area contributed by atoms with E-state index in [1.807, 2.05) is 0 Å². The fraction of sp³-hybridized carbons (Fsp3) is 0.0625. The van der Waals surface area contributed by atoms with Gasteiger partial charge in [-0.2, -0.15) is 0 Å². The molecule has 0 spiro atoms. The van der Waals surface area contributed by atoms with Gasteiger partial charge in [-0.3, -0.25) is 0 Å². The van der Waals surface area contributed by atoms with Crippen LogP contribution in [0.25, 0.3) is 11.6 Å². The van der Waals surface area contributed by atoms with E-state index in [4.69, 9.17) is 22.1 Å². The minimum Gasteiger partial charge on any atom is -0.504 e. The van der Waals surface area contributed by atoms with Gasteiger partial charge in [0.25, 0.3) is 0 Å². The van der Waals surface area contributed by atoms with Crippen molar-refractivity contribution in [2.75, 3.05) is 12.8 Å². The Morgan fingerprint density at radius 1 is 1.27 bits per heavy atom. The number of aliphatic carboxylic acids is 1. The molecule has 2 rings (SSSR count). The molecule has 0 amide bonds. The number of anilines is 1. The Labute approximate surface area is 132 Å². The first kappa shape index (κ1) is 15.7. The number of aromatic hydroxyl groups is 1. The smallest absolute Gasteiger partial charge is 0.336 e. The Morgan fingerprint density at radius 3 is 2.45 bits per heavy atom. The van der Waals surface area contributed by atoms with Crippen molar-refractivity contribution in [3.63, 3.8) is 0 Å². The van der Waals surface area contributed by atoms with E-state index in [2.05, 4.69) is 0 Å². The maximum Gasteiger partial charge on any atom is 0.336 e. The Bertz CT molecular complexity index is 739. The van der Waals surface area contributed by atoms with Gasteiger partial charge in [0.05, 0.1) is 12.7 Å². The second-order valence-corrected chi connectivity index (χ2v) is 4.97. The number of carboxylic acid groups (broad SMARTS) is 1. The number of rotatable bonds is 4. The van der Waals surface area contributed by atoms with Gasteiger partial charge in [0, 0.05) is 22.3 Å². The average molecular weight is 320 g/mol. The molecule has 0 aromatic heterocycles. The number of ether oxygens (including phenoxy) is 1. The molecule has 0 saturated carbocycles. The fourth-order valence-electron chi connectivity index (χ4n) is 1.95. The quantitative estimate of drug-likeness (QED) is 0.457. The first-order valence-electron chi connectivity index (χ1n) is 6.29. The molecule has 2 aromatic carbocycles. The van der Waals surface area contributed by atoms with E-state index in [1.54, 1.807) is 24.3 Å². The molecule has 114 valence electrons. The molecule has 0 heterocycles. The lowest BCUT2D eigenvalue weighted by atomic mass is 10.0. The molecular formula is C16H14ClNO4. The molecule has 4 N–H and O–H groups in total. The third kappa shape index (κ3) is 3.32. The van der Waals surface area contributed by atoms with Crippen LogP contribution in [0.3, 0.4) is 0 Å². The highest BCUT2D eigenvalue weighted by molar-refractivity contribution is 6.31. The lowest BCUT2D eigenvalue weighted by Gasteiger charge is -2.09. The zero-order chi connectivity index (χ0) is 16.3. The van der Waals surface area contributed by atoms with Gasteiger partial charge in [0.15, 0.2) is 11.5 Å². The number of benzene rings is 2. The molecule has 0 aliphatic carbocycles. The van der Waals surface area contributed by atoms with Crippen LogP contribution >= 0.6 is 11.6 Å².